The van der Waals surface area contributed by atoms with Crippen molar-refractivity contribution in [1.82, 2.24) is 0 Å². The first-order valence-electron chi connectivity index (χ1n) is 6.54. The van der Waals surface area contributed by atoms with Crippen molar-refractivity contribution in [3.8, 4) is 0 Å². The minimum atomic E-state index is -0.467. The molecule has 0 unspecified atom stereocenters. The standard InChI is InChI=1S/C16H15BrFNO2/c1-2-21-10-11-6-3-4-9-14(11)19-16(20)12-7-5-8-13(18)15(12)17/h3-9H,2,10H2,1H3,(H,19,20). The van der Waals surface area contributed by atoms with E-state index in [-0.39, 0.29) is 15.9 Å². The van der Waals surface area contributed by atoms with Crippen molar-refractivity contribution in [3.05, 3.63) is 63.9 Å². The first kappa shape index (κ1) is 15.7. The summed E-state index contributed by atoms with van der Waals surface area (Å²) in [7, 11) is 0. The van der Waals surface area contributed by atoms with E-state index in [2.05, 4.69) is 21.2 Å². The third-order valence-electron chi connectivity index (χ3n) is 2.92. The largest absolute Gasteiger partial charge is 0.377 e. The Hall–Kier alpha value is -1.72. The lowest BCUT2D eigenvalue weighted by Gasteiger charge is -2.12. The van der Waals surface area contributed by atoms with Gasteiger partial charge in [0, 0.05) is 17.9 Å². The minimum absolute atomic E-state index is 0.157. The molecule has 0 bridgehead atoms. The number of carbonyl (C=O) groups excluding carboxylic acids is 1. The van der Waals surface area contributed by atoms with Crippen LogP contribution in [0.4, 0.5) is 10.1 Å². The number of nitrogens with one attached hydrogen (secondary N) is 1. The second-order valence-corrected chi connectivity index (χ2v) is 5.14. The van der Waals surface area contributed by atoms with Crippen LogP contribution in [0.25, 0.3) is 0 Å². The van der Waals surface area contributed by atoms with E-state index in [1.165, 1.54) is 12.1 Å². The molecule has 0 aliphatic heterocycles. The zero-order valence-corrected chi connectivity index (χ0v) is 13.1. The fourth-order valence-electron chi connectivity index (χ4n) is 1.85. The molecule has 2 rings (SSSR count). The Balaban J connectivity index is 2.22. The highest BCUT2D eigenvalue weighted by Crippen LogP contribution is 2.23. The van der Waals surface area contributed by atoms with Crippen LogP contribution >= 0.6 is 15.9 Å². The van der Waals surface area contributed by atoms with E-state index < -0.39 is 5.82 Å². The van der Waals surface area contributed by atoms with Crippen LogP contribution in [0.5, 0.6) is 0 Å². The number of anilines is 1. The number of benzene rings is 2. The monoisotopic (exact) mass is 351 g/mol. The summed E-state index contributed by atoms with van der Waals surface area (Å²) < 4.78 is 19.0. The van der Waals surface area contributed by atoms with Crippen LogP contribution in [-0.2, 0) is 11.3 Å². The Labute approximate surface area is 131 Å². The zero-order valence-electron chi connectivity index (χ0n) is 11.5. The molecule has 0 spiro atoms. The van der Waals surface area contributed by atoms with Crippen LogP contribution in [-0.4, -0.2) is 12.5 Å². The maximum atomic E-state index is 13.5. The second-order valence-electron chi connectivity index (χ2n) is 4.35. The number of rotatable bonds is 5. The number of halogens is 2. The Morgan fingerprint density at radius 3 is 2.76 bits per heavy atom. The maximum absolute atomic E-state index is 13.5. The van der Waals surface area contributed by atoms with Gasteiger partial charge in [-0.1, -0.05) is 24.3 Å². The van der Waals surface area contributed by atoms with Gasteiger partial charge in [0.15, 0.2) is 0 Å². The third kappa shape index (κ3) is 3.89. The summed E-state index contributed by atoms with van der Waals surface area (Å²) in [5, 5.41) is 2.79. The average molecular weight is 352 g/mol. The molecule has 0 atom stereocenters. The molecule has 1 N–H and O–H groups in total. The summed E-state index contributed by atoms with van der Waals surface area (Å²) >= 11 is 3.09. The normalized spacial score (nSPS) is 10.4. The average Bonchev–Trinajstić information content (AvgIpc) is 2.49. The molecule has 2 aromatic rings. The molecule has 0 saturated carbocycles. The third-order valence-corrected chi connectivity index (χ3v) is 3.73. The van der Waals surface area contributed by atoms with Crippen molar-refractivity contribution in [2.75, 3.05) is 11.9 Å². The molecule has 3 nitrogen and oxygen atoms in total. The lowest BCUT2D eigenvalue weighted by molar-refractivity contribution is 0.102. The predicted molar refractivity (Wildman–Crippen MR) is 83.8 cm³/mol. The molecule has 0 fully saturated rings. The Morgan fingerprint density at radius 1 is 1.24 bits per heavy atom. The SMILES string of the molecule is CCOCc1ccccc1NC(=O)c1cccc(F)c1Br. The summed E-state index contributed by atoms with van der Waals surface area (Å²) in [4.78, 5) is 12.3. The molecule has 0 aromatic heterocycles. The molecule has 0 heterocycles. The summed E-state index contributed by atoms with van der Waals surface area (Å²) in [5.74, 6) is -0.837. The highest BCUT2D eigenvalue weighted by molar-refractivity contribution is 9.10. The van der Waals surface area contributed by atoms with Gasteiger partial charge in [-0.3, -0.25) is 4.79 Å². The predicted octanol–water partition coefficient (Wildman–Crippen LogP) is 4.38. The zero-order chi connectivity index (χ0) is 15.2. The van der Waals surface area contributed by atoms with E-state index in [4.69, 9.17) is 4.74 Å². The first-order chi connectivity index (χ1) is 10.1. The van der Waals surface area contributed by atoms with Gasteiger partial charge in [-0.25, -0.2) is 4.39 Å². The van der Waals surface area contributed by atoms with Gasteiger partial charge in [-0.15, -0.1) is 0 Å². The molecule has 0 aliphatic rings. The van der Waals surface area contributed by atoms with Gasteiger partial charge in [0.05, 0.1) is 16.6 Å². The van der Waals surface area contributed by atoms with Gasteiger partial charge in [0.1, 0.15) is 5.82 Å². The maximum Gasteiger partial charge on any atom is 0.256 e. The highest BCUT2D eigenvalue weighted by Gasteiger charge is 2.14. The van der Waals surface area contributed by atoms with Gasteiger partial charge in [-0.2, -0.15) is 0 Å². The smallest absolute Gasteiger partial charge is 0.256 e. The molecule has 21 heavy (non-hydrogen) atoms. The van der Waals surface area contributed by atoms with E-state index in [0.29, 0.717) is 18.9 Å². The molecule has 0 aliphatic carbocycles. The Bertz CT molecular complexity index is 646. The quantitative estimate of drug-likeness (QED) is 0.868. The van der Waals surface area contributed by atoms with Crippen molar-refractivity contribution in [2.24, 2.45) is 0 Å². The summed E-state index contributed by atoms with van der Waals surface area (Å²) in [6.07, 6.45) is 0. The topological polar surface area (TPSA) is 38.3 Å². The number of para-hydroxylation sites is 1. The molecular formula is C16H15BrFNO2. The summed E-state index contributed by atoms with van der Waals surface area (Å²) in [6, 6.07) is 11.7. The fourth-order valence-corrected chi connectivity index (χ4v) is 2.29. The number of carbonyl (C=O) groups is 1. The van der Waals surface area contributed by atoms with E-state index in [9.17, 15) is 9.18 Å². The van der Waals surface area contributed by atoms with E-state index >= 15 is 0 Å². The number of hydrogen-bond acceptors (Lipinski definition) is 2. The van der Waals surface area contributed by atoms with Crippen LogP contribution < -0.4 is 5.32 Å². The molecular weight excluding hydrogens is 337 g/mol. The van der Waals surface area contributed by atoms with Gasteiger partial charge in [-0.05, 0) is 41.1 Å². The van der Waals surface area contributed by atoms with Gasteiger partial charge in [0.2, 0.25) is 0 Å². The molecule has 1 amide bonds. The summed E-state index contributed by atoms with van der Waals surface area (Å²) in [5.41, 5.74) is 1.79. The van der Waals surface area contributed by atoms with Crippen molar-refractivity contribution >= 4 is 27.5 Å². The fraction of sp³-hybridized carbons (Fsp3) is 0.188. The van der Waals surface area contributed by atoms with E-state index in [0.717, 1.165) is 5.56 Å². The van der Waals surface area contributed by atoms with Crippen molar-refractivity contribution in [1.29, 1.82) is 0 Å². The number of ether oxygens (including phenoxy) is 1. The molecule has 0 saturated heterocycles. The number of amides is 1. The van der Waals surface area contributed by atoms with Crippen LogP contribution in [0.2, 0.25) is 0 Å². The molecule has 5 heteroatoms. The Morgan fingerprint density at radius 2 is 2.00 bits per heavy atom. The van der Waals surface area contributed by atoms with Crippen molar-refractivity contribution < 1.29 is 13.9 Å². The lowest BCUT2D eigenvalue weighted by Crippen LogP contribution is -2.14. The Kier molecular flexibility index (Phi) is 5.47. The van der Waals surface area contributed by atoms with Gasteiger partial charge >= 0.3 is 0 Å². The second kappa shape index (κ2) is 7.33. The van der Waals surface area contributed by atoms with Crippen LogP contribution in [0.15, 0.2) is 46.9 Å². The number of hydrogen-bond donors (Lipinski definition) is 1. The van der Waals surface area contributed by atoms with E-state index in [1.54, 1.807) is 12.1 Å². The van der Waals surface area contributed by atoms with E-state index in [1.807, 2.05) is 25.1 Å². The van der Waals surface area contributed by atoms with Crippen LogP contribution in [0.1, 0.15) is 22.8 Å². The summed E-state index contributed by atoms with van der Waals surface area (Å²) in [6.45, 7) is 2.92. The van der Waals surface area contributed by atoms with Crippen LogP contribution in [0.3, 0.4) is 0 Å². The highest BCUT2D eigenvalue weighted by atomic mass is 79.9. The van der Waals surface area contributed by atoms with Crippen molar-refractivity contribution in [2.45, 2.75) is 13.5 Å². The first-order valence-corrected chi connectivity index (χ1v) is 7.33. The molecule has 0 radical (unpaired) electrons. The van der Waals surface area contributed by atoms with Gasteiger partial charge < -0.3 is 10.1 Å². The minimum Gasteiger partial charge on any atom is -0.377 e. The van der Waals surface area contributed by atoms with Crippen LogP contribution in [0, 0.1) is 5.82 Å². The molecule has 2 aromatic carbocycles. The lowest BCUT2D eigenvalue weighted by atomic mass is 10.1. The molecule has 110 valence electrons. The van der Waals surface area contributed by atoms with Gasteiger partial charge in [0.25, 0.3) is 5.91 Å². The van der Waals surface area contributed by atoms with Crippen molar-refractivity contribution in [3.63, 3.8) is 0 Å².